The molecule has 0 aromatic rings. The molecule has 4 rings (SSSR count). The molecule has 4 saturated carbocycles. The van der Waals surface area contributed by atoms with E-state index >= 15 is 0 Å². The van der Waals surface area contributed by atoms with Gasteiger partial charge in [0.1, 0.15) is 0 Å². The molecule has 25 heavy (non-hydrogen) atoms. The van der Waals surface area contributed by atoms with Crippen LogP contribution >= 0.6 is 0 Å². The van der Waals surface area contributed by atoms with Crippen LogP contribution in [0, 0.1) is 46.3 Å². The zero-order valence-electron chi connectivity index (χ0n) is 16.6. The number of aliphatic carboxylic acids is 1. The van der Waals surface area contributed by atoms with Crippen LogP contribution in [0.1, 0.15) is 91.4 Å². The molecule has 0 bridgehead atoms. The molecule has 0 heterocycles. The van der Waals surface area contributed by atoms with E-state index in [1.165, 1.54) is 64.2 Å². The average Bonchev–Trinajstić information content (AvgIpc) is 2.91. The summed E-state index contributed by atoms with van der Waals surface area (Å²) in [6.45, 7) is 7.40. The van der Waals surface area contributed by atoms with Gasteiger partial charge < -0.3 is 5.11 Å². The van der Waals surface area contributed by atoms with Gasteiger partial charge in [-0.15, -0.1) is 0 Å². The second-order valence-corrected chi connectivity index (χ2v) is 10.7. The van der Waals surface area contributed by atoms with Gasteiger partial charge in [-0.25, -0.2) is 0 Å². The molecule has 142 valence electrons. The minimum atomic E-state index is -0.608. The highest BCUT2D eigenvalue weighted by atomic mass is 16.4. The third-order valence-electron chi connectivity index (χ3n) is 9.84. The second-order valence-electron chi connectivity index (χ2n) is 10.7. The van der Waals surface area contributed by atoms with Crippen molar-refractivity contribution in [3.05, 3.63) is 0 Å². The van der Waals surface area contributed by atoms with Crippen molar-refractivity contribution >= 4 is 5.97 Å². The summed E-state index contributed by atoms with van der Waals surface area (Å²) in [7, 11) is 0. The highest BCUT2D eigenvalue weighted by Gasteiger charge is 2.60. The Labute approximate surface area is 154 Å². The van der Waals surface area contributed by atoms with E-state index in [2.05, 4.69) is 20.8 Å². The fourth-order valence-corrected chi connectivity index (χ4v) is 8.69. The predicted molar refractivity (Wildman–Crippen MR) is 101 cm³/mol. The van der Waals surface area contributed by atoms with Crippen molar-refractivity contribution in [2.45, 2.75) is 91.4 Å². The van der Waals surface area contributed by atoms with Crippen LogP contribution in [0.5, 0.6) is 0 Å². The first kappa shape index (κ1) is 17.9. The first-order valence-electron chi connectivity index (χ1n) is 11.1. The summed E-state index contributed by atoms with van der Waals surface area (Å²) >= 11 is 0. The van der Waals surface area contributed by atoms with Crippen molar-refractivity contribution in [3.8, 4) is 0 Å². The van der Waals surface area contributed by atoms with Crippen molar-refractivity contribution in [2.24, 2.45) is 46.3 Å². The van der Waals surface area contributed by atoms with Crippen LogP contribution in [0.3, 0.4) is 0 Å². The zero-order chi connectivity index (χ0) is 17.8. The van der Waals surface area contributed by atoms with Gasteiger partial charge in [-0.05, 0) is 97.7 Å². The summed E-state index contributed by atoms with van der Waals surface area (Å²) in [5, 5.41) is 9.27. The summed E-state index contributed by atoms with van der Waals surface area (Å²) in [6, 6.07) is 0. The summed E-state index contributed by atoms with van der Waals surface area (Å²) in [5.74, 6) is 4.11. The lowest BCUT2D eigenvalue weighted by atomic mass is 9.44. The lowest BCUT2D eigenvalue weighted by molar-refractivity contribution is -0.139. The number of hydrogen-bond acceptors (Lipinski definition) is 1. The Balaban J connectivity index is 1.56. The number of carbonyl (C=O) groups is 1. The molecule has 1 unspecified atom stereocenters. The molecular weight excluding hydrogens is 308 g/mol. The predicted octanol–water partition coefficient (Wildman–Crippen LogP) is 6.15. The fraction of sp³-hybridized carbons (Fsp3) is 0.957. The molecule has 4 aliphatic rings. The Morgan fingerprint density at radius 2 is 1.72 bits per heavy atom. The van der Waals surface area contributed by atoms with Gasteiger partial charge in [-0.2, -0.15) is 0 Å². The molecular formula is C23H38O2. The van der Waals surface area contributed by atoms with Gasteiger partial charge in [0.15, 0.2) is 0 Å². The van der Waals surface area contributed by atoms with E-state index in [0.29, 0.717) is 29.1 Å². The minimum Gasteiger partial charge on any atom is -0.481 e. The fourth-order valence-electron chi connectivity index (χ4n) is 8.69. The molecule has 0 aliphatic heterocycles. The molecule has 2 heteroatoms. The normalized spacial score (nSPS) is 50.4. The maximum atomic E-state index is 11.3. The largest absolute Gasteiger partial charge is 0.481 e. The van der Waals surface area contributed by atoms with Crippen molar-refractivity contribution < 1.29 is 9.90 Å². The first-order valence-corrected chi connectivity index (χ1v) is 11.1. The van der Waals surface area contributed by atoms with E-state index in [1.54, 1.807) is 0 Å². The quantitative estimate of drug-likeness (QED) is 0.666. The van der Waals surface area contributed by atoms with Gasteiger partial charge in [0, 0.05) is 6.42 Å². The van der Waals surface area contributed by atoms with Crippen molar-refractivity contribution in [3.63, 3.8) is 0 Å². The average molecular weight is 347 g/mol. The van der Waals surface area contributed by atoms with Gasteiger partial charge in [-0.1, -0.05) is 33.6 Å². The van der Waals surface area contributed by atoms with Gasteiger partial charge in [0.25, 0.3) is 0 Å². The van der Waals surface area contributed by atoms with E-state index in [-0.39, 0.29) is 0 Å². The summed E-state index contributed by atoms with van der Waals surface area (Å²) < 4.78 is 0. The lowest BCUT2D eigenvalue weighted by Crippen LogP contribution is -2.53. The lowest BCUT2D eigenvalue weighted by Gasteiger charge is -2.60. The van der Waals surface area contributed by atoms with Gasteiger partial charge in [0.2, 0.25) is 0 Å². The number of carboxylic acids is 1. The van der Waals surface area contributed by atoms with Crippen LogP contribution in [0.25, 0.3) is 0 Å². The Kier molecular flexibility index (Phi) is 4.48. The SMILES string of the molecule is C[C@H](CC(=O)O)[C@H]1CC[C@H]2[C@@H]3CCC4CCCC[C@]4(C)[C@H]3CC[C@]12C. The standard InChI is InChI=1S/C23H38O2/c1-15(14-21(24)25)18-9-10-19-17-8-7-16-6-4-5-12-22(16,2)20(17)11-13-23(18,19)3/h15-20H,4-14H2,1-3H3,(H,24,25)/t15-,16?,17+,18-,19+,20+,22+,23-/m1/s1. The third-order valence-corrected chi connectivity index (χ3v) is 9.84. The van der Waals surface area contributed by atoms with Crippen LogP contribution in [0.15, 0.2) is 0 Å². The highest BCUT2D eigenvalue weighted by molar-refractivity contribution is 5.67. The maximum absolute atomic E-state index is 11.3. The third kappa shape index (κ3) is 2.69. The number of fused-ring (bicyclic) bond motifs is 5. The molecule has 2 nitrogen and oxygen atoms in total. The van der Waals surface area contributed by atoms with E-state index in [9.17, 15) is 9.90 Å². The second kappa shape index (κ2) is 6.27. The van der Waals surface area contributed by atoms with Crippen LogP contribution in [-0.4, -0.2) is 11.1 Å². The number of rotatable bonds is 3. The van der Waals surface area contributed by atoms with Crippen LogP contribution < -0.4 is 0 Å². The minimum absolute atomic E-state index is 0.339. The summed E-state index contributed by atoms with van der Waals surface area (Å²) in [6.07, 6.45) is 14.6. The first-order chi connectivity index (χ1) is 11.9. The molecule has 4 fully saturated rings. The van der Waals surface area contributed by atoms with Crippen LogP contribution in [-0.2, 0) is 4.79 Å². The topological polar surface area (TPSA) is 37.3 Å². The summed E-state index contributed by atoms with van der Waals surface area (Å²) in [4.78, 5) is 11.3. The van der Waals surface area contributed by atoms with E-state index < -0.39 is 5.97 Å². The van der Waals surface area contributed by atoms with Crippen LogP contribution in [0.4, 0.5) is 0 Å². The Bertz CT molecular complexity index is 528. The van der Waals surface area contributed by atoms with E-state index in [1.807, 2.05) is 0 Å². The van der Waals surface area contributed by atoms with Gasteiger partial charge >= 0.3 is 5.97 Å². The highest BCUT2D eigenvalue weighted by Crippen LogP contribution is 2.68. The monoisotopic (exact) mass is 346 g/mol. The molecule has 1 N–H and O–H groups in total. The molecule has 8 atom stereocenters. The van der Waals surface area contributed by atoms with Crippen molar-refractivity contribution in [1.29, 1.82) is 0 Å². The zero-order valence-corrected chi connectivity index (χ0v) is 16.6. The van der Waals surface area contributed by atoms with E-state index in [4.69, 9.17) is 0 Å². The number of carboxylic acid groups (broad SMARTS) is 1. The molecule has 0 amide bonds. The van der Waals surface area contributed by atoms with Crippen LogP contribution in [0.2, 0.25) is 0 Å². The Morgan fingerprint density at radius 1 is 0.960 bits per heavy atom. The maximum Gasteiger partial charge on any atom is 0.303 e. The molecule has 0 radical (unpaired) electrons. The smallest absolute Gasteiger partial charge is 0.303 e. The van der Waals surface area contributed by atoms with Crippen molar-refractivity contribution in [2.75, 3.05) is 0 Å². The Hall–Kier alpha value is -0.530. The molecule has 0 aromatic carbocycles. The van der Waals surface area contributed by atoms with Gasteiger partial charge in [-0.3, -0.25) is 4.79 Å². The Morgan fingerprint density at radius 3 is 2.48 bits per heavy atom. The molecule has 4 aliphatic carbocycles. The number of hydrogen-bond donors (Lipinski definition) is 1. The van der Waals surface area contributed by atoms with E-state index in [0.717, 1.165) is 23.7 Å². The summed E-state index contributed by atoms with van der Waals surface area (Å²) in [5.41, 5.74) is 1.03. The molecule has 0 saturated heterocycles. The van der Waals surface area contributed by atoms with Crippen molar-refractivity contribution in [1.82, 2.24) is 0 Å². The molecule has 0 spiro atoms. The van der Waals surface area contributed by atoms with Gasteiger partial charge in [0.05, 0.1) is 0 Å². The molecule has 0 aromatic heterocycles.